The predicted octanol–water partition coefficient (Wildman–Crippen LogP) is 2.62. The van der Waals surface area contributed by atoms with Gasteiger partial charge in [0.1, 0.15) is 6.61 Å². The summed E-state index contributed by atoms with van der Waals surface area (Å²) in [5.74, 6) is 0.00595. The van der Waals surface area contributed by atoms with Gasteiger partial charge in [0.2, 0.25) is 5.91 Å². The van der Waals surface area contributed by atoms with E-state index in [0.29, 0.717) is 13.1 Å². The van der Waals surface area contributed by atoms with Crippen LogP contribution in [0.1, 0.15) is 38.7 Å². The number of nitrogens with zero attached hydrogens (tertiary/aromatic N) is 2. The van der Waals surface area contributed by atoms with Gasteiger partial charge >= 0.3 is 6.09 Å². The number of rotatable bonds is 6. The third kappa shape index (κ3) is 5.46. The van der Waals surface area contributed by atoms with Crippen LogP contribution in [0.25, 0.3) is 0 Å². The van der Waals surface area contributed by atoms with Crippen molar-refractivity contribution < 1.29 is 14.3 Å². The van der Waals surface area contributed by atoms with Crippen LogP contribution >= 0.6 is 0 Å². The molecule has 1 aliphatic heterocycles. The molecule has 1 heterocycles. The lowest BCUT2D eigenvalue weighted by molar-refractivity contribution is -0.133. The number of hydrogen-bond donors (Lipinski definition) is 1. The van der Waals surface area contributed by atoms with Crippen LogP contribution in [0, 0.1) is 5.92 Å². The fourth-order valence-corrected chi connectivity index (χ4v) is 3.18. The van der Waals surface area contributed by atoms with Gasteiger partial charge in [-0.1, -0.05) is 44.2 Å². The van der Waals surface area contributed by atoms with Crippen LogP contribution in [0.15, 0.2) is 30.3 Å². The molecule has 0 aliphatic carbocycles. The van der Waals surface area contributed by atoms with E-state index >= 15 is 0 Å². The molecule has 1 saturated heterocycles. The largest absolute Gasteiger partial charge is 0.445 e. The Morgan fingerprint density at radius 1 is 1.27 bits per heavy atom. The Hall–Kier alpha value is -2.08. The standard InChI is InChI=1S/C20H31N3O3/c1-15(2)18(21)19(24)22(3)13-17-11-7-8-12-23(17)20(25)26-14-16-9-5-4-6-10-16/h4-6,9-10,15,17-18H,7-8,11-14,21H2,1-3H3/t17-,18-/m0/s1. The molecule has 2 N–H and O–H groups in total. The summed E-state index contributed by atoms with van der Waals surface area (Å²) in [6.07, 6.45) is 2.56. The molecule has 1 aromatic rings. The number of hydrogen-bond acceptors (Lipinski definition) is 4. The summed E-state index contributed by atoms with van der Waals surface area (Å²) < 4.78 is 5.48. The number of piperidine rings is 1. The Bertz CT molecular complexity index is 591. The van der Waals surface area contributed by atoms with Crippen LogP contribution in [-0.4, -0.2) is 54.0 Å². The maximum absolute atomic E-state index is 12.6. The number of amides is 2. The molecule has 26 heavy (non-hydrogen) atoms. The lowest BCUT2D eigenvalue weighted by Crippen LogP contribution is -2.53. The molecule has 2 amide bonds. The molecule has 0 saturated carbocycles. The molecule has 2 atom stereocenters. The van der Waals surface area contributed by atoms with Gasteiger partial charge in [-0.15, -0.1) is 0 Å². The molecule has 1 aliphatic rings. The van der Waals surface area contributed by atoms with Gasteiger partial charge in [-0.3, -0.25) is 4.79 Å². The van der Waals surface area contributed by atoms with Gasteiger partial charge in [-0.25, -0.2) is 4.79 Å². The zero-order valence-electron chi connectivity index (χ0n) is 16.1. The molecule has 2 rings (SSSR count). The van der Waals surface area contributed by atoms with E-state index in [-0.39, 0.29) is 30.6 Å². The normalized spacial score (nSPS) is 18.5. The average Bonchev–Trinajstić information content (AvgIpc) is 2.66. The van der Waals surface area contributed by atoms with E-state index in [1.54, 1.807) is 16.8 Å². The van der Waals surface area contributed by atoms with Gasteiger partial charge in [0.15, 0.2) is 0 Å². The Kier molecular flexibility index (Phi) is 7.45. The molecule has 1 aromatic carbocycles. The van der Waals surface area contributed by atoms with Crippen LogP contribution in [-0.2, 0) is 16.1 Å². The smallest absolute Gasteiger partial charge is 0.410 e. The van der Waals surface area contributed by atoms with Crippen molar-refractivity contribution in [2.45, 2.75) is 51.8 Å². The van der Waals surface area contributed by atoms with E-state index in [9.17, 15) is 9.59 Å². The first-order chi connectivity index (χ1) is 12.4. The number of likely N-dealkylation sites (N-methyl/N-ethyl adjacent to an activating group) is 1. The van der Waals surface area contributed by atoms with Crippen LogP contribution in [0.3, 0.4) is 0 Å². The van der Waals surface area contributed by atoms with Gasteiger partial charge < -0.3 is 20.3 Å². The summed E-state index contributed by atoms with van der Waals surface area (Å²) in [6, 6.07) is 9.10. The fourth-order valence-electron chi connectivity index (χ4n) is 3.18. The minimum atomic E-state index is -0.512. The first-order valence-corrected chi connectivity index (χ1v) is 9.38. The Labute approximate surface area is 156 Å². The van der Waals surface area contributed by atoms with Crippen LogP contribution in [0.5, 0.6) is 0 Å². The second-order valence-corrected chi connectivity index (χ2v) is 7.37. The molecule has 0 aromatic heterocycles. The van der Waals surface area contributed by atoms with Crippen LogP contribution in [0.2, 0.25) is 0 Å². The second kappa shape index (κ2) is 9.57. The minimum absolute atomic E-state index is 0.0275. The highest BCUT2D eigenvalue weighted by molar-refractivity contribution is 5.81. The lowest BCUT2D eigenvalue weighted by Gasteiger charge is -2.37. The zero-order valence-corrected chi connectivity index (χ0v) is 16.1. The number of carbonyl (C=O) groups is 2. The summed E-state index contributed by atoms with van der Waals surface area (Å²) in [6.45, 7) is 5.28. The van der Waals surface area contributed by atoms with Crippen molar-refractivity contribution in [2.24, 2.45) is 11.7 Å². The molecule has 6 heteroatoms. The first-order valence-electron chi connectivity index (χ1n) is 9.38. The lowest BCUT2D eigenvalue weighted by atomic mass is 10.0. The van der Waals surface area contributed by atoms with Gasteiger partial charge in [0, 0.05) is 20.1 Å². The molecule has 1 fully saturated rings. The summed E-state index contributed by atoms with van der Waals surface area (Å²) >= 11 is 0. The van der Waals surface area contributed by atoms with Gasteiger partial charge in [0.25, 0.3) is 0 Å². The predicted molar refractivity (Wildman–Crippen MR) is 101 cm³/mol. The number of ether oxygens (including phenoxy) is 1. The summed E-state index contributed by atoms with van der Waals surface area (Å²) in [7, 11) is 1.76. The SMILES string of the molecule is CC(C)[C@H](N)C(=O)N(C)C[C@@H]1CCCCN1C(=O)OCc1ccccc1. The Balaban J connectivity index is 1.93. The topological polar surface area (TPSA) is 75.9 Å². The Morgan fingerprint density at radius 2 is 1.96 bits per heavy atom. The van der Waals surface area contributed by atoms with Crippen molar-refractivity contribution in [1.82, 2.24) is 9.80 Å². The van der Waals surface area contributed by atoms with Crippen LogP contribution < -0.4 is 5.73 Å². The molecule has 0 spiro atoms. The van der Waals surface area contributed by atoms with Crippen molar-refractivity contribution in [2.75, 3.05) is 20.1 Å². The highest BCUT2D eigenvalue weighted by Crippen LogP contribution is 2.20. The maximum Gasteiger partial charge on any atom is 0.410 e. The molecule has 144 valence electrons. The zero-order chi connectivity index (χ0) is 19.1. The number of likely N-dealkylation sites (tertiary alicyclic amines) is 1. The molecular weight excluding hydrogens is 330 g/mol. The molecular formula is C20H31N3O3. The van der Waals surface area contributed by atoms with E-state index in [4.69, 9.17) is 10.5 Å². The third-order valence-corrected chi connectivity index (χ3v) is 4.93. The highest BCUT2D eigenvalue weighted by Gasteiger charge is 2.31. The number of carbonyl (C=O) groups excluding carboxylic acids is 2. The van der Waals surface area contributed by atoms with Crippen molar-refractivity contribution in [3.8, 4) is 0 Å². The quantitative estimate of drug-likeness (QED) is 0.845. The van der Waals surface area contributed by atoms with E-state index < -0.39 is 6.04 Å². The Morgan fingerprint density at radius 3 is 2.62 bits per heavy atom. The van der Waals surface area contributed by atoms with Gasteiger partial charge in [-0.2, -0.15) is 0 Å². The summed E-state index contributed by atoms with van der Waals surface area (Å²) in [5, 5.41) is 0. The van der Waals surface area contributed by atoms with E-state index in [2.05, 4.69) is 0 Å². The maximum atomic E-state index is 12.6. The highest BCUT2D eigenvalue weighted by atomic mass is 16.6. The number of nitrogens with two attached hydrogens (primary N) is 1. The molecule has 0 unspecified atom stereocenters. The van der Waals surface area contributed by atoms with Crippen molar-refractivity contribution in [3.63, 3.8) is 0 Å². The van der Waals surface area contributed by atoms with E-state index in [0.717, 1.165) is 24.8 Å². The minimum Gasteiger partial charge on any atom is -0.445 e. The third-order valence-electron chi connectivity index (χ3n) is 4.93. The van der Waals surface area contributed by atoms with Gasteiger partial charge in [0.05, 0.1) is 12.1 Å². The molecule has 0 radical (unpaired) electrons. The van der Waals surface area contributed by atoms with E-state index in [1.165, 1.54) is 0 Å². The number of benzene rings is 1. The first kappa shape index (κ1) is 20.2. The summed E-state index contributed by atoms with van der Waals surface area (Å²) in [4.78, 5) is 28.4. The average molecular weight is 361 g/mol. The fraction of sp³-hybridized carbons (Fsp3) is 0.600. The summed E-state index contributed by atoms with van der Waals surface area (Å²) in [5.41, 5.74) is 6.94. The van der Waals surface area contributed by atoms with Crippen LogP contribution in [0.4, 0.5) is 4.79 Å². The second-order valence-electron chi connectivity index (χ2n) is 7.37. The molecule has 0 bridgehead atoms. The monoisotopic (exact) mass is 361 g/mol. The van der Waals surface area contributed by atoms with Crippen molar-refractivity contribution >= 4 is 12.0 Å². The van der Waals surface area contributed by atoms with Crippen molar-refractivity contribution in [3.05, 3.63) is 35.9 Å². The van der Waals surface area contributed by atoms with E-state index in [1.807, 2.05) is 44.2 Å². The van der Waals surface area contributed by atoms with Gasteiger partial charge in [-0.05, 0) is 30.7 Å². The van der Waals surface area contributed by atoms with Crippen molar-refractivity contribution in [1.29, 1.82) is 0 Å². The molecule has 6 nitrogen and oxygen atoms in total.